The van der Waals surface area contributed by atoms with E-state index in [2.05, 4.69) is 11.5 Å². The number of hydrogen-bond donors (Lipinski definition) is 0. The molecule has 2 aromatic carbocycles. The topological polar surface area (TPSA) is 37.7 Å². The smallest absolute Gasteiger partial charge is 0.270 e. The van der Waals surface area contributed by atoms with E-state index < -0.39 is 0 Å². The number of carbonyl (C=O) groups excluding carboxylic acids is 1. The molecule has 3 aromatic rings. The van der Waals surface area contributed by atoms with E-state index in [1.54, 1.807) is 12.1 Å². The van der Waals surface area contributed by atoms with Gasteiger partial charge in [0, 0.05) is 31.6 Å². The highest BCUT2D eigenvalue weighted by molar-refractivity contribution is 6.36. The van der Waals surface area contributed by atoms with E-state index in [1.165, 1.54) is 6.07 Å². The molecule has 0 spiro atoms. The van der Waals surface area contributed by atoms with Crippen molar-refractivity contribution in [1.82, 2.24) is 9.47 Å². The summed E-state index contributed by atoms with van der Waals surface area (Å²) in [5.74, 6) is 0.529. The van der Waals surface area contributed by atoms with Crippen molar-refractivity contribution in [2.24, 2.45) is 0 Å². The van der Waals surface area contributed by atoms with Crippen molar-refractivity contribution in [3.05, 3.63) is 59.0 Å². The predicted octanol–water partition coefficient (Wildman–Crippen LogP) is 4.57. The molecule has 1 atom stereocenters. The number of carbonyl (C=O) groups is 1. The Morgan fingerprint density at radius 3 is 2.67 bits per heavy atom. The van der Waals surface area contributed by atoms with Crippen molar-refractivity contribution >= 4 is 34.1 Å². The summed E-state index contributed by atoms with van der Waals surface area (Å²) in [5.41, 5.74) is 2.12. The molecule has 0 bridgehead atoms. The van der Waals surface area contributed by atoms with Crippen molar-refractivity contribution < 1.29 is 13.9 Å². The lowest BCUT2D eigenvalue weighted by molar-refractivity contribution is 0.0730. The summed E-state index contributed by atoms with van der Waals surface area (Å²) in [6.07, 6.45) is 0.884. The van der Waals surface area contributed by atoms with Crippen molar-refractivity contribution in [3.8, 4) is 5.75 Å². The molecule has 2 aliphatic heterocycles. The summed E-state index contributed by atoms with van der Waals surface area (Å²) in [4.78, 5) is 17.3. The quantitative estimate of drug-likeness (QED) is 0.614. The number of anilines is 1. The van der Waals surface area contributed by atoms with E-state index >= 15 is 0 Å². The van der Waals surface area contributed by atoms with Crippen molar-refractivity contribution in [3.63, 3.8) is 0 Å². The van der Waals surface area contributed by atoms with Crippen LogP contribution in [0.5, 0.6) is 5.75 Å². The summed E-state index contributed by atoms with van der Waals surface area (Å²) in [5, 5.41) is 1.46. The number of ether oxygens (including phenoxy) is 1. The molecule has 156 valence electrons. The van der Waals surface area contributed by atoms with Gasteiger partial charge < -0.3 is 19.1 Å². The first kappa shape index (κ1) is 19.2. The SMILES string of the molecule is CCC1Cn2c(C(=O)N3CCN(c4ccccc4F)CC3)cc3c(Cl)ccc(c32)O1. The normalized spacial score (nSPS) is 18.6. The third-order valence-corrected chi connectivity index (χ3v) is 6.41. The van der Waals surface area contributed by atoms with Crippen LogP contribution < -0.4 is 9.64 Å². The number of halogens is 2. The van der Waals surface area contributed by atoms with Crippen LogP contribution in [0.15, 0.2) is 42.5 Å². The lowest BCUT2D eigenvalue weighted by Crippen LogP contribution is -2.49. The zero-order valence-corrected chi connectivity index (χ0v) is 17.5. The molecule has 5 nitrogen and oxygen atoms in total. The predicted molar refractivity (Wildman–Crippen MR) is 116 cm³/mol. The Morgan fingerprint density at radius 2 is 1.93 bits per heavy atom. The molecule has 30 heavy (non-hydrogen) atoms. The van der Waals surface area contributed by atoms with Gasteiger partial charge in [0.15, 0.2) is 0 Å². The molecule has 1 saturated heterocycles. The highest BCUT2D eigenvalue weighted by Gasteiger charge is 2.30. The average molecular weight is 428 g/mol. The monoisotopic (exact) mass is 427 g/mol. The molecule has 2 aliphatic rings. The van der Waals surface area contributed by atoms with E-state index in [1.807, 2.05) is 34.1 Å². The van der Waals surface area contributed by atoms with Gasteiger partial charge in [0.2, 0.25) is 0 Å². The highest BCUT2D eigenvalue weighted by atomic mass is 35.5. The first-order valence-electron chi connectivity index (χ1n) is 10.3. The molecule has 1 aromatic heterocycles. The minimum atomic E-state index is -0.229. The Morgan fingerprint density at radius 1 is 1.17 bits per heavy atom. The van der Waals surface area contributed by atoms with E-state index in [9.17, 15) is 9.18 Å². The lowest BCUT2D eigenvalue weighted by atomic mass is 10.2. The van der Waals surface area contributed by atoms with Gasteiger partial charge in [-0.3, -0.25) is 4.79 Å². The van der Waals surface area contributed by atoms with E-state index in [0.717, 1.165) is 23.1 Å². The first-order valence-corrected chi connectivity index (χ1v) is 10.7. The molecule has 7 heteroatoms. The first-order chi connectivity index (χ1) is 14.6. The molecular formula is C23H23ClFN3O2. The molecule has 3 heterocycles. The summed E-state index contributed by atoms with van der Waals surface area (Å²) in [7, 11) is 0. The Kier molecular flexibility index (Phi) is 4.82. The molecule has 1 unspecified atom stereocenters. The Bertz CT molecular complexity index is 1120. The van der Waals surface area contributed by atoms with Crippen LogP contribution in [-0.4, -0.2) is 47.7 Å². The minimum Gasteiger partial charge on any atom is -0.486 e. The van der Waals surface area contributed by atoms with E-state index in [-0.39, 0.29) is 17.8 Å². The second-order valence-corrected chi connectivity index (χ2v) is 8.23. The second kappa shape index (κ2) is 7.51. The number of rotatable bonds is 3. The summed E-state index contributed by atoms with van der Waals surface area (Å²) < 4.78 is 22.2. The zero-order valence-electron chi connectivity index (χ0n) is 16.8. The summed E-state index contributed by atoms with van der Waals surface area (Å²) in [6.45, 7) is 4.99. The number of piperazine rings is 1. The van der Waals surface area contributed by atoms with Crippen LogP contribution in [0.25, 0.3) is 10.9 Å². The fraction of sp³-hybridized carbons (Fsp3) is 0.348. The van der Waals surface area contributed by atoms with E-state index in [4.69, 9.17) is 16.3 Å². The van der Waals surface area contributed by atoms with Crippen LogP contribution in [-0.2, 0) is 6.54 Å². The largest absolute Gasteiger partial charge is 0.486 e. The van der Waals surface area contributed by atoms with Crippen molar-refractivity contribution in [2.75, 3.05) is 31.1 Å². The molecule has 1 fully saturated rings. The van der Waals surface area contributed by atoms with Gasteiger partial charge in [0.05, 0.1) is 22.8 Å². The molecular weight excluding hydrogens is 405 g/mol. The standard InChI is InChI=1S/C23H23ClFN3O2/c1-2-15-14-28-20(13-16-17(24)7-8-21(30-15)22(16)28)23(29)27-11-9-26(10-12-27)19-6-4-3-5-18(19)25/h3-8,13,15H,2,9-12,14H2,1H3. The van der Waals surface area contributed by atoms with Crippen LogP contribution in [0.4, 0.5) is 10.1 Å². The third-order valence-electron chi connectivity index (χ3n) is 6.08. The van der Waals surface area contributed by atoms with Crippen LogP contribution >= 0.6 is 11.6 Å². The van der Waals surface area contributed by atoms with Crippen molar-refractivity contribution in [1.29, 1.82) is 0 Å². The van der Waals surface area contributed by atoms with Crippen LogP contribution in [0.2, 0.25) is 5.02 Å². The highest BCUT2D eigenvalue weighted by Crippen LogP contribution is 2.38. The zero-order chi connectivity index (χ0) is 20.8. The molecule has 1 amide bonds. The lowest BCUT2D eigenvalue weighted by Gasteiger charge is -2.36. The molecule has 0 saturated carbocycles. The molecule has 0 N–H and O–H groups in total. The van der Waals surface area contributed by atoms with Gasteiger partial charge >= 0.3 is 0 Å². The molecule has 5 rings (SSSR count). The van der Waals surface area contributed by atoms with Crippen molar-refractivity contribution in [2.45, 2.75) is 26.0 Å². The maximum Gasteiger partial charge on any atom is 0.270 e. The average Bonchev–Trinajstić information content (AvgIpc) is 3.17. The fourth-order valence-corrected chi connectivity index (χ4v) is 4.64. The Hall–Kier alpha value is -2.73. The van der Waals surface area contributed by atoms with Crippen LogP contribution in [0, 0.1) is 5.82 Å². The maximum absolute atomic E-state index is 14.1. The van der Waals surface area contributed by atoms with Crippen LogP contribution in [0.3, 0.4) is 0 Å². The maximum atomic E-state index is 14.1. The number of amides is 1. The van der Waals surface area contributed by atoms with Gasteiger partial charge in [-0.1, -0.05) is 30.7 Å². The van der Waals surface area contributed by atoms with Crippen LogP contribution in [0.1, 0.15) is 23.8 Å². The van der Waals surface area contributed by atoms with Gasteiger partial charge in [-0.15, -0.1) is 0 Å². The van der Waals surface area contributed by atoms with Gasteiger partial charge in [-0.05, 0) is 36.8 Å². The third kappa shape index (κ3) is 3.10. The fourth-order valence-electron chi connectivity index (χ4n) is 4.43. The second-order valence-electron chi connectivity index (χ2n) is 7.83. The Balaban J connectivity index is 1.42. The summed E-state index contributed by atoms with van der Waals surface area (Å²) in [6, 6.07) is 12.4. The number of para-hydroxylation sites is 1. The van der Waals surface area contributed by atoms with Gasteiger partial charge in [-0.25, -0.2) is 4.39 Å². The molecule has 0 radical (unpaired) electrons. The van der Waals surface area contributed by atoms with Gasteiger partial charge in [0.1, 0.15) is 23.4 Å². The van der Waals surface area contributed by atoms with Gasteiger partial charge in [-0.2, -0.15) is 0 Å². The number of hydrogen-bond acceptors (Lipinski definition) is 3. The van der Waals surface area contributed by atoms with E-state index in [0.29, 0.717) is 49.1 Å². The Labute approximate surface area is 179 Å². The summed E-state index contributed by atoms with van der Waals surface area (Å²) >= 11 is 6.42. The number of nitrogens with zero attached hydrogens (tertiary/aromatic N) is 3. The molecule has 0 aliphatic carbocycles. The number of benzene rings is 2. The number of aromatic nitrogens is 1. The van der Waals surface area contributed by atoms with Gasteiger partial charge in [0.25, 0.3) is 5.91 Å². The minimum absolute atomic E-state index is 0.0156.